The van der Waals surface area contributed by atoms with Crippen molar-refractivity contribution in [1.29, 1.82) is 0 Å². The van der Waals surface area contributed by atoms with Crippen molar-refractivity contribution in [3.8, 4) is 0 Å². The minimum atomic E-state index is -3.56. The van der Waals surface area contributed by atoms with Gasteiger partial charge in [-0.1, -0.05) is 0 Å². The maximum absolute atomic E-state index is 12.3. The lowest BCUT2D eigenvalue weighted by atomic mass is 10.3. The summed E-state index contributed by atoms with van der Waals surface area (Å²) < 4.78 is 31.1. The van der Waals surface area contributed by atoms with Crippen molar-refractivity contribution in [3.63, 3.8) is 0 Å². The van der Waals surface area contributed by atoms with Crippen LogP contribution in [0.25, 0.3) is 0 Å². The lowest BCUT2D eigenvalue weighted by molar-refractivity contribution is 0.0392. The maximum atomic E-state index is 12.3. The molecular formula is C9H14N4O3S. The van der Waals surface area contributed by atoms with Gasteiger partial charge in [-0.25, -0.2) is 18.4 Å². The minimum Gasteiger partial charge on any atom is -0.378 e. The molecule has 1 aliphatic rings. The van der Waals surface area contributed by atoms with E-state index in [0.717, 1.165) is 0 Å². The van der Waals surface area contributed by atoms with Crippen LogP contribution in [-0.2, 0) is 14.8 Å². The Morgan fingerprint density at radius 2 is 2.12 bits per heavy atom. The number of hydrogen-bond donors (Lipinski definition) is 1. The van der Waals surface area contributed by atoms with Crippen LogP contribution in [0.2, 0.25) is 0 Å². The van der Waals surface area contributed by atoms with Crippen LogP contribution in [0.3, 0.4) is 0 Å². The highest BCUT2D eigenvalue weighted by atomic mass is 32.2. The zero-order valence-electron chi connectivity index (χ0n) is 9.41. The van der Waals surface area contributed by atoms with Gasteiger partial charge in [-0.05, 0) is 6.92 Å². The highest BCUT2D eigenvalue weighted by molar-refractivity contribution is 7.89. The predicted molar refractivity (Wildman–Crippen MR) is 60.6 cm³/mol. The van der Waals surface area contributed by atoms with Gasteiger partial charge in [-0.2, -0.15) is 4.31 Å². The third-order valence-corrected chi connectivity index (χ3v) is 4.53. The van der Waals surface area contributed by atoms with Gasteiger partial charge in [0.1, 0.15) is 4.90 Å². The van der Waals surface area contributed by atoms with Crippen molar-refractivity contribution < 1.29 is 13.2 Å². The number of nitrogen functional groups attached to an aromatic ring is 1. The molecule has 7 nitrogen and oxygen atoms in total. The molecule has 0 bridgehead atoms. The SMILES string of the molecule is CC1COCCN1S(=O)(=O)c1cnc(N)nc1. The highest BCUT2D eigenvalue weighted by Crippen LogP contribution is 2.19. The Hall–Kier alpha value is -1.25. The zero-order chi connectivity index (χ0) is 12.5. The summed E-state index contributed by atoms with van der Waals surface area (Å²) in [5.74, 6) is 0.0546. The van der Waals surface area contributed by atoms with Crippen LogP contribution in [0.5, 0.6) is 0 Å². The third kappa shape index (κ3) is 2.38. The quantitative estimate of drug-likeness (QED) is 0.765. The van der Waals surface area contributed by atoms with Crippen LogP contribution in [0.15, 0.2) is 17.3 Å². The summed E-state index contributed by atoms with van der Waals surface area (Å²) in [6.07, 6.45) is 2.44. The van der Waals surface area contributed by atoms with Gasteiger partial charge in [0.05, 0.1) is 25.6 Å². The Bertz CT molecular complexity index is 487. The molecule has 1 unspecified atom stereocenters. The maximum Gasteiger partial charge on any atom is 0.246 e. The van der Waals surface area contributed by atoms with E-state index in [2.05, 4.69) is 9.97 Å². The second-order valence-corrected chi connectivity index (χ2v) is 5.71. The van der Waals surface area contributed by atoms with E-state index in [1.54, 1.807) is 6.92 Å². The molecule has 94 valence electrons. The monoisotopic (exact) mass is 258 g/mol. The van der Waals surface area contributed by atoms with Gasteiger partial charge in [0.25, 0.3) is 0 Å². The first-order chi connectivity index (χ1) is 8.01. The molecule has 1 atom stereocenters. The number of morpholine rings is 1. The summed E-state index contributed by atoms with van der Waals surface area (Å²) in [7, 11) is -3.56. The summed E-state index contributed by atoms with van der Waals surface area (Å²) in [5, 5.41) is 0. The first-order valence-electron chi connectivity index (χ1n) is 5.19. The molecular weight excluding hydrogens is 244 g/mol. The second kappa shape index (κ2) is 4.55. The fraction of sp³-hybridized carbons (Fsp3) is 0.556. The van der Waals surface area contributed by atoms with Crippen LogP contribution >= 0.6 is 0 Å². The molecule has 0 aromatic carbocycles. The first kappa shape index (κ1) is 12.2. The average Bonchev–Trinajstić information content (AvgIpc) is 2.30. The molecule has 1 fully saturated rings. The molecule has 17 heavy (non-hydrogen) atoms. The van der Waals surface area contributed by atoms with Crippen molar-refractivity contribution >= 4 is 16.0 Å². The van der Waals surface area contributed by atoms with Gasteiger partial charge in [0.15, 0.2) is 0 Å². The van der Waals surface area contributed by atoms with Crippen molar-refractivity contribution in [3.05, 3.63) is 12.4 Å². The number of aromatic nitrogens is 2. The molecule has 0 aliphatic carbocycles. The van der Waals surface area contributed by atoms with Gasteiger partial charge in [-0.3, -0.25) is 0 Å². The molecule has 0 amide bonds. The van der Waals surface area contributed by atoms with E-state index < -0.39 is 10.0 Å². The number of anilines is 1. The van der Waals surface area contributed by atoms with Gasteiger partial charge in [-0.15, -0.1) is 0 Å². The summed E-state index contributed by atoms with van der Waals surface area (Å²) in [4.78, 5) is 7.45. The molecule has 2 heterocycles. The summed E-state index contributed by atoms with van der Waals surface area (Å²) in [6.45, 7) is 2.94. The standard InChI is InChI=1S/C9H14N4O3S/c1-7-6-16-3-2-13(7)17(14,15)8-4-11-9(10)12-5-8/h4-5,7H,2-3,6H2,1H3,(H2,10,11,12). The molecule has 1 aromatic rings. The second-order valence-electron chi connectivity index (χ2n) is 3.82. The molecule has 2 rings (SSSR count). The number of nitrogens with zero attached hydrogens (tertiary/aromatic N) is 3. The van der Waals surface area contributed by atoms with Crippen molar-refractivity contribution in [1.82, 2.24) is 14.3 Å². The van der Waals surface area contributed by atoms with Crippen LogP contribution in [0.4, 0.5) is 5.95 Å². The smallest absolute Gasteiger partial charge is 0.246 e. The summed E-state index contributed by atoms with van der Waals surface area (Å²) in [5.41, 5.74) is 5.33. The number of ether oxygens (including phenoxy) is 1. The third-order valence-electron chi connectivity index (χ3n) is 2.56. The van der Waals surface area contributed by atoms with E-state index in [1.165, 1.54) is 16.7 Å². The number of nitrogens with two attached hydrogens (primary N) is 1. The normalized spacial score (nSPS) is 22.5. The van der Waals surface area contributed by atoms with Gasteiger partial charge < -0.3 is 10.5 Å². The largest absolute Gasteiger partial charge is 0.378 e. The van der Waals surface area contributed by atoms with Gasteiger partial charge >= 0.3 is 0 Å². The molecule has 0 saturated carbocycles. The minimum absolute atomic E-state index is 0.0546. The number of hydrogen-bond acceptors (Lipinski definition) is 6. The van der Waals surface area contributed by atoms with E-state index in [9.17, 15) is 8.42 Å². The van der Waals surface area contributed by atoms with Crippen LogP contribution < -0.4 is 5.73 Å². The first-order valence-corrected chi connectivity index (χ1v) is 6.63. The summed E-state index contributed by atoms with van der Waals surface area (Å²) in [6, 6.07) is -0.189. The zero-order valence-corrected chi connectivity index (χ0v) is 10.2. The fourth-order valence-corrected chi connectivity index (χ4v) is 3.16. The Kier molecular flexibility index (Phi) is 3.27. The predicted octanol–water partition coefficient (Wildman–Crippen LogP) is -0.532. The Balaban J connectivity index is 2.32. The molecule has 1 saturated heterocycles. The van der Waals surface area contributed by atoms with Crippen molar-refractivity contribution in [2.45, 2.75) is 17.9 Å². The van der Waals surface area contributed by atoms with E-state index in [0.29, 0.717) is 19.8 Å². The molecule has 2 N–H and O–H groups in total. The Morgan fingerprint density at radius 1 is 1.47 bits per heavy atom. The molecule has 0 radical (unpaired) electrons. The summed E-state index contributed by atoms with van der Waals surface area (Å²) >= 11 is 0. The lowest BCUT2D eigenvalue weighted by Crippen LogP contribution is -2.46. The number of rotatable bonds is 2. The van der Waals surface area contributed by atoms with Crippen molar-refractivity contribution in [2.24, 2.45) is 0 Å². The average molecular weight is 258 g/mol. The van der Waals surface area contributed by atoms with E-state index in [4.69, 9.17) is 10.5 Å². The van der Waals surface area contributed by atoms with Crippen LogP contribution in [0.1, 0.15) is 6.92 Å². The van der Waals surface area contributed by atoms with E-state index in [1.807, 2.05) is 0 Å². The van der Waals surface area contributed by atoms with E-state index >= 15 is 0 Å². The van der Waals surface area contributed by atoms with Crippen molar-refractivity contribution in [2.75, 3.05) is 25.5 Å². The van der Waals surface area contributed by atoms with Crippen LogP contribution in [-0.4, -0.2) is 48.5 Å². The number of sulfonamides is 1. The van der Waals surface area contributed by atoms with Gasteiger partial charge in [0, 0.05) is 12.6 Å². The lowest BCUT2D eigenvalue weighted by Gasteiger charge is -2.31. The van der Waals surface area contributed by atoms with Gasteiger partial charge in [0.2, 0.25) is 16.0 Å². The van der Waals surface area contributed by atoms with Crippen LogP contribution in [0, 0.1) is 0 Å². The fourth-order valence-electron chi connectivity index (χ4n) is 1.66. The molecule has 8 heteroatoms. The topological polar surface area (TPSA) is 98.4 Å². The molecule has 1 aromatic heterocycles. The Labute approximate surface area is 99.7 Å². The molecule has 0 spiro atoms. The highest BCUT2D eigenvalue weighted by Gasteiger charge is 2.31. The molecule has 1 aliphatic heterocycles. The Morgan fingerprint density at radius 3 is 2.71 bits per heavy atom. The van der Waals surface area contributed by atoms with E-state index in [-0.39, 0.29) is 16.9 Å².